The number of aromatic nitrogens is 1. The molecule has 2 aliphatic rings. The lowest BCUT2D eigenvalue weighted by Crippen LogP contribution is -2.50. The van der Waals surface area contributed by atoms with E-state index in [9.17, 15) is 9.59 Å². The van der Waals surface area contributed by atoms with Crippen molar-refractivity contribution in [3.63, 3.8) is 0 Å². The molecule has 1 unspecified atom stereocenters. The SMILES string of the molecule is Cl.O=C1CCCN1c1cccc(OCC(=O)N2CCNCC2c2cccnc2)c1. The van der Waals surface area contributed by atoms with E-state index < -0.39 is 0 Å². The minimum absolute atomic E-state index is 0. The molecule has 1 N–H and O–H groups in total. The molecule has 3 heterocycles. The van der Waals surface area contributed by atoms with Gasteiger partial charge in [-0.25, -0.2) is 0 Å². The molecular formula is C21H25ClN4O3. The van der Waals surface area contributed by atoms with Crippen LogP contribution in [-0.2, 0) is 9.59 Å². The lowest BCUT2D eigenvalue weighted by Gasteiger charge is -2.36. The quantitative estimate of drug-likeness (QED) is 0.808. The first kappa shape index (κ1) is 21.1. The van der Waals surface area contributed by atoms with E-state index in [2.05, 4.69) is 10.3 Å². The fourth-order valence-electron chi connectivity index (χ4n) is 3.76. The van der Waals surface area contributed by atoms with Crippen molar-refractivity contribution >= 4 is 29.9 Å². The summed E-state index contributed by atoms with van der Waals surface area (Å²) in [4.78, 5) is 32.6. The summed E-state index contributed by atoms with van der Waals surface area (Å²) < 4.78 is 5.78. The second-order valence-electron chi connectivity index (χ2n) is 7.03. The summed E-state index contributed by atoms with van der Waals surface area (Å²) in [5, 5.41) is 3.33. The van der Waals surface area contributed by atoms with Gasteiger partial charge in [-0.2, -0.15) is 0 Å². The Hall–Kier alpha value is -2.64. The predicted molar refractivity (Wildman–Crippen MR) is 112 cm³/mol. The molecule has 2 saturated heterocycles. The van der Waals surface area contributed by atoms with Crippen LogP contribution in [0.15, 0.2) is 48.8 Å². The van der Waals surface area contributed by atoms with Crippen molar-refractivity contribution in [1.29, 1.82) is 0 Å². The molecule has 0 saturated carbocycles. The minimum atomic E-state index is -0.0574. The van der Waals surface area contributed by atoms with Crippen LogP contribution < -0.4 is 15.0 Å². The van der Waals surface area contributed by atoms with E-state index in [1.807, 2.05) is 41.3 Å². The third-order valence-electron chi connectivity index (χ3n) is 5.20. The molecule has 1 atom stereocenters. The maximum atomic E-state index is 12.8. The van der Waals surface area contributed by atoms with Crippen LogP contribution >= 0.6 is 12.4 Å². The largest absolute Gasteiger partial charge is 0.484 e. The fraction of sp³-hybridized carbons (Fsp3) is 0.381. The van der Waals surface area contributed by atoms with Crippen molar-refractivity contribution in [2.45, 2.75) is 18.9 Å². The topological polar surface area (TPSA) is 74.8 Å². The molecule has 0 spiro atoms. The van der Waals surface area contributed by atoms with Crippen molar-refractivity contribution in [3.8, 4) is 5.75 Å². The molecule has 2 amide bonds. The highest BCUT2D eigenvalue weighted by molar-refractivity contribution is 5.95. The van der Waals surface area contributed by atoms with Gasteiger partial charge >= 0.3 is 0 Å². The van der Waals surface area contributed by atoms with Gasteiger partial charge < -0.3 is 19.9 Å². The monoisotopic (exact) mass is 416 g/mol. The second kappa shape index (κ2) is 9.71. The molecule has 154 valence electrons. The average Bonchev–Trinajstić information content (AvgIpc) is 3.19. The van der Waals surface area contributed by atoms with Crippen LogP contribution in [0, 0.1) is 0 Å². The minimum Gasteiger partial charge on any atom is -0.484 e. The summed E-state index contributed by atoms with van der Waals surface area (Å²) >= 11 is 0. The summed E-state index contributed by atoms with van der Waals surface area (Å²) in [5.41, 5.74) is 1.83. The van der Waals surface area contributed by atoms with E-state index in [-0.39, 0.29) is 36.9 Å². The van der Waals surface area contributed by atoms with Crippen molar-refractivity contribution < 1.29 is 14.3 Å². The van der Waals surface area contributed by atoms with E-state index >= 15 is 0 Å². The number of carbonyl (C=O) groups is 2. The lowest BCUT2D eigenvalue weighted by molar-refractivity contribution is -0.136. The van der Waals surface area contributed by atoms with Gasteiger partial charge in [-0.15, -0.1) is 12.4 Å². The summed E-state index contributed by atoms with van der Waals surface area (Å²) in [6, 6.07) is 11.2. The molecule has 1 aromatic heterocycles. The van der Waals surface area contributed by atoms with Gasteiger partial charge in [0, 0.05) is 56.7 Å². The second-order valence-corrected chi connectivity index (χ2v) is 7.03. The maximum Gasteiger partial charge on any atom is 0.261 e. The Labute approximate surface area is 176 Å². The van der Waals surface area contributed by atoms with Crippen LogP contribution in [0.25, 0.3) is 0 Å². The number of carbonyl (C=O) groups excluding carboxylic acids is 2. The van der Waals surface area contributed by atoms with Crippen LogP contribution in [0.5, 0.6) is 5.75 Å². The Morgan fingerprint density at radius 1 is 1.24 bits per heavy atom. The van der Waals surface area contributed by atoms with Gasteiger partial charge in [-0.05, 0) is 30.2 Å². The Morgan fingerprint density at radius 3 is 2.90 bits per heavy atom. The van der Waals surface area contributed by atoms with Crippen molar-refractivity contribution in [2.75, 3.05) is 37.7 Å². The number of ether oxygens (including phenoxy) is 1. The number of pyridine rings is 1. The summed E-state index contributed by atoms with van der Waals surface area (Å²) in [6.07, 6.45) is 4.99. The van der Waals surface area contributed by atoms with E-state index in [1.54, 1.807) is 17.3 Å². The molecule has 2 aliphatic heterocycles. The lowest BCUT2D eigenvalue weighted by atomic mass is 10.1. The van der Waals surface area contributed by atoms with Crippen molar-refractivity contribution in [2.24, 2.45) is 0 Å². The first-order valence-corrected chi connectivity index (χ1v) is 9.66. The number of rotatable bonds is 5. The van der Waals surface area contributed by atoms with Gasteiger partial charge in [0.05, 0.1) is 6.04 Å². The number of halogens is 1. The fourth-order valence-corrected chi connectivity index (χ4v) is 3.76. The number of piperazine rings is 1. The highest BCUT2D eigenvalue weighted by atomic mass is 35.5. The molecule has 29 heavy (non-hydrogen) atoms. The highest BCUT2D eigenvalue weighted by Crippen LogP contribution is 2.26. The molecule has 8 heteroatoms. The number of benzene rings is 1. The maximum absolute atomic E-state index is 12.8. The summed E-state index contributed by atoms with van der Waals surface area (Å²) in [5.74, 6) is 0.671. The van der Waals surface area contributed by atoms with Gasteiger partial charge in [0.1, 0.15) is 5.75 Å². The van der Waals surface area contributed by atoms with Gasteiger partial charge in [-0.3, -0.25) is 14.6 Å². The first-order chi connectivity index (χ1) is 13.7. The van der Waals surface area contributed by atoms with E-state index in [0.717, 1.165) is 30.8 Å². The third kappa shape index (κ3) is 4.86. The van der Waals surface area contributed by atoms with Crippen molar-refractivity contribution in [1.82, 2.24) is 15.2 Å². The average molecular weight is 417 g/mol. The molecule has 7 nitrogen and oxygen atoms in total. The molecule has 2 aromatic rings. The number of anilines is 1. The summed E-state index contributed by atoms with van der Waals surface area (Å²) in [6.45, 7) is 2.78. The van der Waals surface area contributed by atoms with E-state index in [4.69, 9.17) is 4.74 Å². The zero-order chi connectivity index (χ0) is 19.3. The Morgan fingerprint density at radius 2 is 2.14 bits per heavy atom. The van der Waals surface area contributed by atoms with Crippen LogP contribution in [0.3, 0.4) is 0 Å². The molecule has 0 radical (unpaired) electrons. The van der Waals surface area contributed by atoms with Gasteiger partial charge in [0.2, 0.25) is 5.91 Å². The van der Waals surface area contributed by atoms with Crippen LogP contribution in [0.4, 0.5) is 5.69 Å². The molecule has 0 bridgehead atoms. The summed E-state index contributed by atoms with van der Waals surface area (Å²) in [7, 11) is 0. The number of nitrogens with zero attached hydrogens (tertiary/aromatic N) is 3. The van der Waals surface area contributed by atoms with E-state index in [1.165, 1.54) is 0 Å². The zero-order valence-electron chi connectivity index (χ0n) is 16.1. The Balaban J connectivity index is 0.00000240. The molecular weight excluding hydrogens is 392 g/mol. The first-order valence-electron chi connectivity index (χ1n) is 9.66. The molecule has 0 aliphatic carbocycles. The number of nitrogens with one attached hydrogen (secondary N) is 1. The third-order valence-corrected chi connectivity index (χ3v) is 5.20. The predicted octanol–water partition coefficient (Wildman–Crippen LogP) is 2.18. The van der Waals surface area contributed by atoms with Crippen LogP contribution in [0.2, 0.25) is 0 Å². The van der Waals surface area contributed by atoms with Crippen molar-refractivity contribution in [3.05, 3.63) is 54.4 Å². The zero-order valence-corrected chi connectivity index (χ0v) is 16.9. The normalized spacial score (nSPS) is 19.0. The van der Waals surface area contributed by atoms with E-state index in [0.29, 0.717) is 25.3 Å². The number of hydrogen-bond acceptors (Lipinski definition) is 5. The van der Waals surface area contributed by atoms with Crippen LogP contribution in [0.1, 0.15) is 24.4 Å². The smallest absolute Gasteiger partial charge is 0.261 e. The standard InChI is InChI=1S/C21H24N4O3.ClH/c26-20-7-3-10-24(20)17-5-1-6-18(12-17)28-15-21(27)25-11-9-23-14-19(25)16-4-2-8-22-13-16;/h1-2,4-6,8,12-13,19,23H,3,7,9-11,14-15H2;1H. The Bertz CT molecular complexity index is 849. The Kier molecular flexibility index (Phi) is 7.06. The number of hydrogen-bond donors (Lipinski definition) is 1. The molecule has 2 fully saturated rings. The molecule has 4 rings (SSSR count). The molecule has 1 aromatic carbocycles. The van der Waals surface area contributed by atoms with Gasteiger partial charge in [0.25, 0.3) is 5.91 Å². The van der Waals surface area contributed by atoms with Gasteiger partial charge in [-0.1, -0.05) is 12.1 Å². The number of amides is 2. The highest BCUT2D eigenvalue weighted by Gasteiger charge is 2.28. The van der Waals surface area contributed by atoms with Crippen LogP contribution in [-0.4, -0.2) is 54.5 Å². The van der Waals surface area contributed by atoms with Gasteiger partial charge in [0.15, 0.2) is 6.61 Å².